The highest BCUT2D eigenvalue weighted by molar-refractivity contribution is 7.89. The highest BCUT2D eigenvalue weighted by atomic mass is 32.2. The third-order valence-electron chi connectivity index (χ3n) is 4.58. The summed E-state index contributed by atoms with van der Waals surface area (Å²) in [5.41, 5.74) is 0.143. The van der Waals surface area contributed by atoms with Gasteiger partial charge in [0, 0.05) is 18.8 Å². The van der Waals surface area contributed by atoms with Crippen molar-refractivity contribution in [3.8, 4) is 0 Å². The van der Waals surface area contributed by atoms with Gasteiger partial charge >= 0.3 is 0 Å². The lowest BCUT2D eigenvalue weighted by atomic mass is 9.78. The lowest BCUT2D eigenvalue weighted by Crippen LogP contribution is -2.48. The van der Waals surface area contributed by atoms with E-state index in [1.54, 1.807) is 11.6 Å². The predicted octanol–water partition coefficient (Wildman–Crippen LogP) is 1.63. The van der Waals surface area contributed by atoms with Crippen molar-refractivity contribution in [2.45, 2.75) is 50.0 Å². The van der Waals surface area contributed by atoms with E-state index in [0.717, 1.165) is 25.7 Å². The Morgan fingerprint density at radius 1 is 1.36 bits per heavy atom. The van der Waals surface area contributed by atoms with Crippen molar-refractivity contribution >= 4 is 15.9 Å². The number of carbonyl (C=O) groups is 1. The fraction of sp³-hybridized carbons (Fsp3) is 0.667. The number of hydrogen-bond donors (Lipinski definition) is 2. The summed E-state index contributed by atoms with van der Waals surface area (Å²) in [4.78, 5) is 12.6. The van der Waals surface area contributed by atoms with Crippen molar-refractivity contribution in [2.75, 3.05) is 7.05 Å². The maximum atomic E-state index is 12.5. The summed E-state index contributed by atoms with van der Waals surface area (Å²) < 4.78 is 27.5. The van der Waals surface area contributed by atoms with Gasteiger partial charge in [0.1, 0.15) is 10.6 Å². The summed E-state index contributed by atoms with van der Waals surface area (Å²) in [6, 6.07) is 1.41. The summed E-state index contributed by atoms with van der Waals surface area (Å²) in [6.45, 7) is 4.29. The average Bonchev–Trinajstić information content (AvgIpc) is 2.85. The normalized spacial score (nSPS) is 25.9. The van der Waals surface area contributed by atoms with Crippen molar-refractivity contribution in [3.63, 3.8) is 0 Å². The van der Waals surface area contributed by atoms with Gasteiger partial charge in [-0.05, 0) is 51.6 Å². The quantitative estimate of drug-likeness (QED) is 0.882. The summed E-state index contributed by atoms with van der Waals surface area (Å²) in [5.74, 6) is 0.476. The van der Waals surface area contributed by atoms with Crippen LogP contribution >= 0.6 is 0 Å². The van der Waals surface area contributed by atoms with Gasteiger partial charge < -0.3 is 9.88 Å². The first-order valence-electron chi connectivity index (χ1n) is 7.59. The lowest BCUT2D eigenvalue weighted by Gasteiger charge is -2.37. The molecule has 22 heavy (non-hydrogen) atoms. The highest BCUT2D eigenvalue weighted by Gasteiger charge is 2.32. The monoisotopic (exact) mass is 327 g/mol. The number of aromatic nitrogens is 1. The Bertz CT molecular complexity index is 656. The van der Waals surface area contributed by atoms with Crippen LogP contribution < -0.4 is 10.0 Å². The molecule has 0 spiro atoms. The molecule has 0 aromatic carbocycles. The molecule has 0 unspecified atom stereocenters. The van der Waals surface area contributed by atoms with E-state index in [2.05, 4.69) is 23.9 Å². The van der Waals surface area contributed by atoms with Crippen molar-refractivity contribution in [3.05, 3.63) is 18.0 Å². The van der Waals surface area contributed by atoms with Gasteiger partial charge in [0.05, 0.1) is 0 Å². The molecular formula is C15H25N3O3S. The van der Waals surface area contributed by atoms with Crippen molar-refractivity contribution in [2.24, 2.45) is 13.0 Å². The maximum absolute atomic E-state index is 12.5. The van der Waals surface area contributed by atoms with Gasteiger partial charge in [-0.15, -0.1) is 0 Å². The Hall–Kier alpha value is -1.34. The first kappa shape index (κ1) is 17.0. The van der Waals surface area contributed by atoms with Gasteiger partial charge in [-0.1, -0.05) is 6.92 Å². The van der Waals surface area contributed by atoms with Gasteiger partial charge in [-0.25, -0.2) is 13.1 Å². The van der Waals surface area contributed by atoms with Crippen LogP contribution in [0.3, 0.4) is 0 Å². The summed E-state index contributed by atoms with van der Waals surface area (Å²) in [6.07, 6.45) is 5.55. The van der Waals surface area contributed by atoms with Crippen LogP contribution in [0, 0.1) is 5.92 Å². The second-order valence-electron chi connectivity index (χ2n) is 6.58. The van der Waals surface area contributed by atoms with Gasteiger partial charge in [0.25, 0.3) is 5.91 Å². The number of nitrogens with zero attached hydrogens (tertiary/aromatic N) is 1. The first-order chi connectivity index (χ1) is 10.2. The fourth-order valence-electron chi connectivity index (χ4n) is 2.89. The minimum absolute atomic E-state index is 0.102. The molecule has 1 heterocycles. The third-order valence-corrected chi connectivity index (χ3v) is 5.97. The SMILES string of the molecule is CNS(=O)(=O)c1cc(C(=O)NC2(C)CCC(C)CC2)n(C)c1. The standard InChI is InChI=1S/C15H25N3O3S/c1-11-5-7-15(2,8-6-11)17-14(19)13-9-12(10-18(13)4)22(20,21)16-3/h9-11,16H,5-8H2,1-4H3,(H,17,19). The van der Waals surface area contributed by atoms with Gasteiger partial charge in [0.2, 0.25) is 10.0 Å². The molecule has 1 fully saturated rings. The molecule has 0 saturated heterocycles. The van der Waals surface area contributed by atoms with Crippen LogP contribution in [-0.4, -0.2) is 31.5 Å². The maximum Gasteiger partial charge on any atom is 0.268 e. The zero-order valence-electron chi connectivity index (χ0n) is 13.6. The number of aryl methyl sites for hydroxylation is 1. The van der Waals surface area contributed by atoms with Crippen LogP contribution in [0.2, 0.25) is 0 Å². The number of carbonyl (C=O) groups excluding carboxylic acids is 1. The smallest absolute Gasteiger partial charge is 0.268 e. The molecule has 124 valence electrons. The molecule has 6 nitrogen and oxygen atoms in total. The van der Waals surface area contributed by atoms with E-state index in [-0.39, 0.29) is 16.3 Å². The number of rotatable bonds is 4. The van der Waals surface area contributed by atoms with Crippen molar-refractivity contribution in [1.82, 2.24) is 14.6 Å². The molecular weight excluding hydrogens is 302 g/mol. The molecule has 1 aliphatic rings. The fourth-order valence-corrected chi connectivity index (χ4v) is 3.69. The molecule has 1 saturated carbocycles. The first-order valence-corrected chi connectivity index (χ1v) is 9.07. The number of nitrogens with one attached hydrogen (secondary N) is 2. The minimum atomic E-state index is -3.54. The summed E-state index contributed by atoms with van der Waals surface area (Å²) in [7, 11) is -0.511. The molecule has 1 aromatic rings. The Morgan fingerprint density at radius 2 is 1.95 bits per heavy atom. The zero-order chi connectivity index (χ0) is 16.5. The average molecular weight is 327 g/mol. The zero-order valence-corrected chi connectivity index (χ0v) is 14.5. The van der Waals surface area contributed by atoms with Crippen molar-refractivity contribution in [1.29, 1.82) is 0 Å². The predicted molar refractivity (Wildman–Crippen MR) is 85.2 cm³/mol. The van der Waals surface area contributed by atoms with E-state index in [9.17, 15) is 13.2 Å². The van der Waals surface area contributed by atoms with Crippen LogP contribution in [0.1, 0.15) is 50.0 Å². The van der Waals surface area contributed by atoms with Crippen LogP contribution in [0.25, 0.3) is 0 Å². The van der Waals surface area contributed by atoms with Gasteiger partial charge in [0.15, 0.2) is 0 Å². The molecule has 0 aliphatic heterocycles. The van der Waals surface area contributed by atoms with Crippen LogP contribution in [0.5, 0.6) is 0 Å². The molecule has 1 aromatic heterocycles. The summed E-state index contributed by atoms with van der Waals surface area (Å²) in [5, 5.41) is 3.08. The van der Waals surface area contributed by atoms with E-state index in [4.69, 9.17) is 0 Å². The number of amides is 1. The Labute approximate surface area is 132 Å². The highest BCUT2D eigenvalue weighted by Crippen LogP contribution is 2.31. The van der Waals surface area contributed by atoms with Crippen molar-refractivity contribution < 1.29 is 13.2 Å². The Morgan fingerprint density at radius 3 is 2.50 bits per heavy atom. The topological polar surface area (TPSA) is 80.2 Å². The van der Waals surface area contributed by atoms with E-state index < -0.39 is 10.0 Å². The van der Waals surface area contributed by atoms with E-state index in [1.807, 2.05) is 0 Å². The molecule has 0 atom stereocenters. The van der Waals surface area contributed by atoms with Gasteiger partial charge in [-0.2, -0.15) is 0 Å². The second kappa shape index (κ2) is 6.04. The molecule has 0 radical (unpaired) electrons. The molecule has 2 rings (SSSR count). The van der Waals surface area contributed by atoms with Crippen LogP contribution in [-0.2, 0) is 17.1 Å². The minimum Gasteiger partial charge on any atom is -0.346 e. The molecule has 1 aliphatic carbocycles. The molecule has 7 heteroatoms. The van der Waals surface area contributed by atoms with Gasteiger partial charge in [-0.3, -0.25) is 4.79 Å². The molecule has 0 bridgehead atoms. The third kappa shape index (κ3) is 3.52. The van der Waals surface area contributed by atoms with E-state index in [1.165, 1.54) is 19.3 Å². The van der Waals surface area contributed by atoms with E-state index in [0.29, 0.717) is 11.6 Å². The Kier molecular flexibility index (Phi) is 4.67. The second-order valence-corrected chi connectivity index (χ2v) is 8.46. The molecule has 2 N–H and O–H groups in total. The number of hydrogen-bond acceptors (Lipinski definition) is 3. The van der Waals surface area contributed by atoms with E-state index >= 15 is 0 Å². The summed E-state index contributed by atoms with van der Waals surface area (Å²) >= 11 is 0. The molecule has 1 amide bonds. The lowest BCUT2D eigenvalue weighted by molar-refractivity contribution is 0.0861. The Balaban J connectivity index is 2.17. The van der Waals surface area contributed by atoms with Crippen LogP contribution in [0.4, 0.5) is 0 Å². The van der Waals surface area contributed by atoms with Crippen LogP contribution in [0.15, 0.2) is 17.2 Å². The number of sulfonamides is 1. The largest absolute Gasteiger partial charge is 0.346 e.